The fourth-order valence-corrected chi connectivity index (χ4v) is 1.75. The average Bonchev–Trinajstić information content (AvgIpc) is 2.34. The molecule has 0 aliphatic heterocycles. The van der Waals surface area contributed by atoms with Crippen LogP contribution >= 0.6 is 0 Å². The highest BCUT2D eigenvalue weighted by Crippen LogP contribution is 2.04. The maximum atomic E-state index is 11.6. The Bertz CT molecular complexity index is 352. The summed E-state index contributed by atoms with van der Waals surface area (Å²) in [5.74, 6) is 0.420. The van der Waals surface area contributed by atoms with Crippen molar-refractivity contribution in [2.75, 3.05) is 6.54 Å². The lowest BCUT2D eigenvalue weighted by atomic mass is 10.1. The van der Waals surface area contributed by atoms with Crippen molar-refractivity contribution in [2.24, 2.45) is 5.92 Å². The summed E-state index contributed by atoms with van der Waals surface area (Å²) in [5.41, 5.74) is 1.10. The Kier molecular flexibility index (Phi) is 6.36. The number of rotatable bonds is 7. The molecule has 1 atom stereocenters. The van der Waals surface area contributed by atoms with Gasteiger partial charge in [-0.15, -0.1) is 0 Å². The Labute approximate surface area is 108 Å². The van der Waals surface area contributed by atoms with Crippen LogP contribution in [0.2, 0.25) is 0 Å². The lowest BCUT2D eigenvalue weighted by Crippen LogP contribution is -2.32. The Morgan fingerprint density at radius 2 is 2.06 bits per heavy atom. The first-order chi connectivity index (χ1) is 8.58. The van der Waals surface area contributed by atoms with Crippen molar-refractivity contribution >= 4 is 5.91 Å². The molecule has 4 nitrogen and oxygen atoms in total. The first-order valence-corrected chi connectivity index (χ1v) is 6.41. The molecule has 1 amide bonds. The highest BCUT2D eigenvalue weighted by Gasteiger charge is 2.08. The fourth-order valence-electron chi connectivity index (χ4n) is 1.75. The molecule has 1 rings (SSSR count). The van der Waals surface area contributed by atoms with Crippen molar-refractivity contribution in [3.8, 4) is 0 Å². The van der Waals surface area contributed by atoms with Gasteiger partial charge in [0, 0.05) is 25.4 Å². The predicted octanol–water partition coefficient (Wildman–Crippen LogP) is 1.54. The van der Waals surface area contributed by atoms with Crippen molar-refractivity contribution in [3.63, 3.8) is 0 Å². The molecule has 1 unspecified atom stereocenters. The van der Waals surface area contributed by atoms with Gasteiger partial charge < -0.3 is 10.4 Å². The van der Waals surface area contributed by atoms with Gasteiger partial charge in [0.1, 0.15) is 0 Å². The predicted molar refractivity (Wildman–Crippen MR) is 71.0 cm³/mol. The summed E-state index contributed by atoms with van der Waals surface area (Å²) in [6, 6.07) is 3.81. The second-order valence-electron chi connectivity index (χ2n) is 4.94. The van der Waals surface area contributed by atoms with E-state index in [1.54, 1.807) is 12.4 Å². The van der Waals surface area contributed by atoms with Gasteiger partial charge in [0.2, 0.25) is 5.91 Å². The SMILES string of the molecule is CC(C)CC(O)CNC(=O)CCc1ccncc1. The monoisotopic (exact) mass is 250 g/mol. The Morgan fingerprint density at radius 3 is 2.67 bits per heavy atom. The van der Waals surface area contributed by atoms with E-state index in [0.29, 0.717) is 31.7 Å². The lowest BCUT2D eigenvalue weighted by molar-refractivity contribution is -0.121. The van der Waals surface area contributed by atoms with Gasteiger partial charge in [-0.25, -0.2) is 0 Å². The van der Waals surface area contributed by atoms with Gasteiger partial charge in [0.25, 0.3) is 0 Å². The van der Waals surface area contributed by atoms with Crippen molar-refractivity contribution in [2.45, 2.75) is 39.2 Å². The molecule has 0 aromatic carbocycles. The molecule has 0 spiro atoms. The van der Waals surface area contributed by atoms with Crippen LogP contribution in [0.3, 0.4) is 0 Å². The van der Waals surface area contributed by atoms with Gasteiger partial charge in [-0.1, -0.05) is 13.8 Å². The summed E-state index contributed by atoms with van der Waals surface area (Å²) < 4.78 is 0. The summed E-state index contributed by atoms with van der Waals surface area (Å²) >= 11 is 0. The molecule has 0 bridgehead atoms. The van der Waals surface area contributed by atoms with E-state index in [0.717, 1.165) is 5.56 Å². The molecular weight excluding hydrogens is 228 g/mol. The quantitative estimate of drug-likeness (QED) is 0.771. The van der Waals surface area contributed by atoms with Crippen molar-refractivity contribution < 1.29 is 9.90 Å². The minimum atomic E-state index is -0.449. The lowest BCUT2D eigenvalue weighted by Gasteiger charge is -2.13. The average molecular weight is 250 g/mol. The molecule has 1 aromatic rings. The van der Waals surface area contributed by atoms with Gasteiger partial charge >= 0.3 is 0 Å². The first kappa shape index (κ1) is 14.6. The zero-order valence-corrected chi connectivity index (χ0v) is 11.1. The van der Waals surface area contributed by atoms with E-state index in [1.807, 2.05) is 12.1 Å². The number of nitrogens with zero attached hydrogens (tertiary/aromatic N) is 1. The summed E-state index contributed by atoms with van der Waals surface area (Å²) in [6.07, 6.45) is 4.85. The normalized spacial score (nSPS) is 12.4. The number of pyridine rings is 1. The third-order valence-electron chi connectivity index (χ3n) is 2.67. The van der Waals surface area contributed by atoms with E-state index >= 15 is 0 Å². The molecule has 0 aliphatic carbocycles. The van der Waals surface area contributed by atoms with Crippen LogP contribution in [0, 0.1) is 5.92 Å². The Balaban J connectivity index is 2.18. The standard InChI is InChI=1S/C14H22N2O2/c1-11(2)9-13(17)10-16-14(18)4-3-12-5-7-15-8-6-12/h5-8,11,13,17H,3-4,9-10H2,1-2H3,(H,16,18). The number of aliphatic hydroxyl groups excluding tert-OH is 1. The van der Waals surface area contributed by atoms with Crippen LogP contribution in [0.4, 0.5) is 0 Å². The number of aryl methyl sites for hydroxylation is 1. The highest BCUT2D eigenvalue weighted by atomic mass is 16.3. The van der Waals surface area contributed by atoms with Crippen LogP contribution in [0.1, 0.15) is 32.3 Å². The molecule has 1 aromatic heterocycles. The van der Waals surface area contributed by atoms with Crippen LogP contribution in [-0.2, 0) is 11.2 Å². The molecule has 0 radical (unpaired) electrons. The number of amides is 1. The number of hydrogen-bond acceptors (Lipinski definition) is 3. The van der Waals surface area contributed by atoms with E-state index in [2.05, 4.69) is 24.1 Å². The van der Waals surface area contributed by atoms with Gasteiger partial charge in [-0.05, 0) is 36.5 Å². The van der Waals surface area contributed by atoms with E-state index in [1.165, 1.54) is 0 Å². The zero-order valence-electron chi connectivity index (χ0n) is 11.1. The van der Waals surface area contributed by atoms with Gasteiger partial charge in [0.05, 0.1) is 6.10 Å². The molecule has 0 fully saturated rings. The van der Waals surface area contributed by atoms with Gasteiger partial charge in [0.15, 0.2) is 0 Å². The summed E-state index contributed by atoms with van der Waals surface area (Å²) in [4.78, 5) is 15.5. The second-order valence-corrected chi connectivity index (χ2v) is 4.94. The maximum Gasteiger partial charge on any atom is 0.220 e. The number of carbonyl (C=O) groups is 1. The van der Waals surface area contributed by atoms with Gasteiger partial charge in [-0.3, -0.25) is 9.78 Å². The Hall–Kier alpha value is -1.42. The molecular formula is C14H22N2O2. The zero-order chi connectivity index (χ0) is 13.4. The summed E-state index contributed by atoms with van der Waals surface area (Å²) in [5, 5.41) is 12.4. The summed E-state index contributed by atoms with van der Waals surface area (Å²) in [6.45, 7) is 4.44. The van der Waals surface area contributed by atoms with Gasteiger partial charge in [-0.2, -0.15) is 0 Å². The van der Waals surface area contributed by atoms with E-state index in [4.69, 9.17) is 0 Å². The molecule has 2 N–H and O–H groups in total. The minimum absolute atomic E-state index is 0.0189. The number of aliphatic hydroxyl groups is 1. The van der Waals surface area contributed by atoms with Crippen molar-refractivity contribution in [1.29, 1.82) is 0 Å². The van der Waals surface area contributed by atoms with Crippen LogP contribution in [0.25, 0.3) is 0 Å². The third-order valence-corrected chi connectivity index (χ3v) is 2.67. The summed E-state index contributed by atoms with van der Waals surface area (Å²) in [7, 11) is 0. The van der Waals surface area contributed by atoms with E-state index in [9.17, 15) is 9.90 Å². The third kappa shape index (κ3) is 6.35. The number of nitrogens with one attached hydrogen (secondary N) is 1. The maximum absolute atomic E-state index is 11.6. The molecule has 0 aliphatic rings. The number of hydrogen-bond donors (Lipinski definition) is 2. The largest absolute Gasteiger partial charge is 0.391 e. The molecule has 0 saturated carbocycles. The second kappa shape index (κ2) is 7.82. The highest BCUT2D eigenvalue weighted by molar-refractivity contribution is 5.76. The number of carbonyl (C=O) groups excluding carboxylic acids is 1. The van der Waals surface area contributed by atoms with Crippen molar-refractivity contribution in [1.82, 2.24) is 10.3 Å². The van der Waals surface area contributed by atoms with Crippen LogP contribution in [-0.4, -0.2) is 28.6 Å². The minimum Gasteiger partial charge on any atom is -0.391 e. The van der Waals surface area contributed by atoms with Crippen LogP contribution < -0.4 is 5.32 Å². The molecule has 100 valence electrons. The molecule has 0 saturated heterocycles. The molecule has 1 heterocycles. The fraction of sp³-hybridized carbons (Fsp3) is 0.571. The van der Waals surface area contributed by atoms with Crippen LogP contribution in [0.5, 0.6) is 0 Å². The molecule has 18 heavy (non-hydrogen) atoms. The first-order valence-electron chi connectivity index (χ1n) is 6.41. The molecule has 4 heteroatoms. The van der Waals surface area contributed by atoms with Crippen LogP contribution in [0.15, 0.2) is 24.5 Å². The number of aromatic nitrogens is 1. The Morgan fingerprint density at radius 1 is 1.39 bits per heavy atom. The smallest absolute Gasteiger partial charge is 0.220 e. The van der Waals surface area contributed by atoms with E-state index in [-0.39, 0.29) is 5.91 Å². The topological polar surface area (TPSA) is 62.2 Å². The van der Waals surface area contributed by atoms with E-state index < -0.39 is 6.10 Å². The van der Waals surface area contributed by atoms with Crippen molar-refractivity contribution in [3.05, 3.63) is 30.1 Å².